The van der Waals surface area contributed by atoms with Crippen LogP contribution in [0, 0.1) is 10.1 Å². The highest BCUT2D eigenvalue weighted by atomic mass is 35.5. The second-order valence-corrected chi connectivity index (χ2v) is 6.62. The molecule has 1 N–H and O–H groups in total. The minimum absolute atomic E-state index is 0.00193. The molecule has 0 aliphatic heterocycles. The number of benzene rings is 1. The number of carbonyl (C=O) groups is 1. The minimum Gasteiger partial charge on any atom is -0.481 e. The van der Waals surface area contributed by atoms with E-state index in [1.165, 1.54) is 7.05 Å². The first kappa shape index (κ1) is 17.3. The number of aliphatic carboxylic acids is 1. The van der Waals surface area contributed by atoms with Gasteiger partial charge in [0.25, 0.3) is 5.69 Å². The molecule has 8 nitrogen and oxygen atoms in total. The molecule has 10 heteroatoms. The molecule has 0 atom stereocenters. The lowest BCUT2D eigenvalue weighted by atomic mass is 10.3. The molecule has 0 bridgehead atoms. The molecule has 0 saturated heterocycles. The van der Waals surface area contributed by atoms with Crippen molar-refractivity contribution in [2.24, 2.45) is 0 Å². The summed E-state index contributed by atoms with van der Waals surface area (Å²) in [6.07, 6.45) is -0.0104. The number of sulfonamides is 1. The fourth-order valence-corrected chi connectivity index (χ4v) is 3.27. The van der Waals surface area contributed by atoms with Gasteiger partial charge in [-0.3, -0.25) is 14.9 Å². The molecule has 0 unspecified atom stereocenters. The second kappa shape index (κ2) is 6.83. The van der Waals surface area contributed by atoms with Crippen LogP contribution in [0.4, 0.5) is 5.69 Å². The lowest BCUT2D eigenvalue weighted by Gasteiger charge is -2.17. The van der Waals surface area contributed by atoms with E-state index in [1.54, 1.807) is 0 Å². The maximum atomic E-state index is 12.2. The topological polar surface area (TPSA) is 118 Å². The fraction of sp³-hybridized carbons (Fsp3) is 0.364. The molecule has 116 valence electrons. The van der Waals surface area contributed by atoms with Crippen LogP contribution in [-0.2, 0) is 14.8 Å². The van der Waals surface area contributed by atoms with E-state index in [9.17, 15) is 23.3 Å². The van der Waals surface area contributed by atoms with E-state index in [2.05, 4.69) is 0 Å². The molecule has 0 aliphatic rings. The van der Waals surface area contributed by atoms with Crippen molar-refractivity contribution in [2.45, 2.75) is 17.7 Å². The third kappa shape index (κ3) is 4.38. The summed E-state index contributed by atoms with van der Waals surface area (Å²) in [4.78, 5) is 20.0. The van der Waals surface area contributed by atoms with Gasteiger partial charge in [0.15, 0.2) is 0 Å². The Morgan fingerprint density at radius 3 is 2.57 bits per heavy atom. The molecule has 0 spiro atoms. The Kier molecular flexibility index (Phi) is 5.64. The Labute approximate surface area is 126 Å². The zero-order valence-electron chi connectivity index (χ0n) is 11.0. The van der Waals surface area contributed by atoms with E-state index < -0.39 is 20.9 Å². The van der Waals surface area contributed by atoms with Crippen LogP contribution in [0.2, 0.25) is 5.02 Å². The van der Waals surface area contributed by atoms with E-state index in [1.807, 2.05) is 0 Å². The third-order valence-corrected chi connectivity index (χ3v) is 5.02. The Morgan fingerprint density at radius 2 is 2.10 bits per heavy atom. The number of hydrogen-bond acceptors (Lipinski definition) is 5. The number of carboxylic acid groups (broad SMARTS) is 1. The summed E-state index contributed by atoms with van der Waals surface area (Å²) in [7, 11) is -2.64. The van der Waals surface area contributed by atoms with E-state index in [4.69, 9.17) is 16.7 Å². The number of rotatable bonds is 7. The molecule has 0 heterocycles. The quantitative estimate of drug-likeness (QED) is 0.598. The molecular formula is C11H13ClN2O6S. The highest BCUT2D eigenvalue weighted by Gasteiger charge is 2.25. The van der Waals surface area contributed by atoms with Crippen LogP contribution in [0.25, 0.3) is 0 Å². The number of nitrogens with zero attached hydrogens (tertiary/aromatic N) is 2. The van der Waals surface area contributed by atoms with Gasteiger partial charge in [0.1, 0.15) is 4.90 Å². The van der Waals surface area contributed by atoms with Crippen LogP contribution < -0.4 is 0 Å². The molecule has 21 heavy (non-hydrogen) atoms. The lowest BCUT2D eigenvalue weighted by molar-refractivity contribution is -0.384. The highest BCUT2D eigenvalue weighted by molar-refractivity contribution is 7.89. The van der Waals surface area contributed by atoms with Gasteiger partial charge in [0.05, 0.1) is 9.95 Å². The summed E-state index contributed by atoms with van der Waals surface area (Å²) in [5.41, 5.74) is -0.313. The van der Waals surface area contributed by atoms with E-state index in [0.29, 0.717) is 0 Å². The average Bonchev–Trinajstić information content (AvgIpc) is 2.37. The van der Waals surface area contributed by atoms with E-state index in [0.717, 1.165) is 22.5 Å². The van der Waals surface area contributed by atoms with Crippen LogP contribution >= 0.6 is 11.6 Å². The Balaban J connectivity index is 2.97. The summed E-state index contributed by atoms with van der Waals surface area (Å²) < 4.78 is 25.4. The number of carboxylic acids is 1. The van der Waals surface area contributed by atoms with Crippen LogP contribution in [0.3, 0.4) is 0 Å². The second-order valence-electron chi connectivity index (χ2n) is 4.20. The van der Waals surface area contributed by atoms with Gasteiger partial charge in [-0.15, -0.1) is 0 Å². The van der Waals surface area contributed by atoms with Gasteiger partial charge in [-0.2, -0.15) is 0 Å². The van der Waals surface area contributed by atoms with Gasteiger partial charge in [-0.1, -0.05) is 11.6 Å². The molecule has 0 amide bonds. The number of hydrogen-bond donors (Lipinski definition) is 1. The first-order valence-corrected chi connectivity index (χ1v) is 7.60. The predicted octanol–water partition coefficient (Wildman–Crippen LogP) is 1.73. The molecular weight excluding hydrogens is 324 g/mol. The SMILES string of the molecule is CN(CCCC(=O)O)S(=O)(=O)c1ccc([N+](=O)[O-])cc1Cl. The lowest BCUT2D eigenvalue weighted by Crippen LogP contribution is -2.28. The van der Waals surface area contributed by atoms with Gasteiger partial charge in [0, 0.05) is 32.1 Å². The third-order valence-electron chi connectivity index (χ3n) is 2.68. The number of non-ortho nitro benzene ring substituents is 1. The number of nitro benzene ring substituents is 1. The maximum absolute atomic E-state index is 12.2. The van der Waals surface area contributed by atoms with Crippen molar-refractivity contribution in [1.82, 2.24) is 4.31 Å². The summed E-state index contributed by atoms with van der Waals surface area (Å²) in [6.45, 7) is 0.00193. The number of nitro groups is 1. The predicted molar refractivity (Wildman–Crippen MR) is 74.8 cm³/mol. The minimum atomic E-state index is -3.92. The first-order valence-electron chi connectivity index (χ1n) is 5.78. The Morgan fingerprint density at radius 1 is 1.48 bits per heavy atom. The molecule has 0 saturated carbocycles. The summed E-state index contributed by atoms with van der Waals surface area (Å²) >= 11 is 5.78. The average molecular weight is 337 g/mol. The maximum Gasteiger partial charge on any atom is 0.303 e. The Hall–Kier alpha value is -1.71. The van der Waals surface area contributed by atoms with Gasteiger partial charge in [-0.05, 0) is 12.5 Å². The van der Waals surface area contributed by atoms with Crippen molar-refractivity contribution in [1.29, 1.82) is 0 Å². The van der Waals surface area contributed by atoms with Gasteiger partial charge in [0.2, 0.25) is 10.0 Å². The summed E-state index contributed by atoms with van der Waals surface area (Å²) in [5, 5.41) is 18.8. The van der Waals surface area contributed by atoms with Crippen molar-refractivity contribution >= 4 is 33.3 Å². The normalized spacial score (nSPS) is 11.6. The molecule has 0 aliphatic carbocycles. The largest absolute Gasteiger partial charge is 0.481 e. The zero-order valence-corrected chi connectivity index (χ0v) is 12.6. The van der Waals surface area contributed by atoms with E-state index >= 15 is 0 Å². The molecule has 0 fully saturated rings. The molecule has 1 aromatic carbocycles. The van der Waals surface area contributed by atoms with Gasteiger partial charge in [-0.25, -0.2) is 12.7 Å². The van der Waals surface area contributed by atoms with Crippen molar-refractivity contribution in [3.05, 3.63) is 33.3 Å². The van der Waals surface area contributed by atoms with Crippen molar-refractivity contribution in [3.63, 3.8) is 0 Å². The smallest absolute Gasteiger partial charge is 0.303 e. The van der Waals surface area contributed by atoms with Crippen LogP contribution in [-0.4, -0.2) is 42.3 Å². The van der Waals surface area contributed by atoms with Gasteiger partial charge >= 0.3 is 5.97 Å². The summed E-state index contributed by atoms with van der Waals surface area (Å²) in [5.74, 6) is -1.02. The number of halogens is 1. The van der Waals surface area contributed by atoms with Crippen LogP contribution in [0.1, 0.15) is 12.8 Å². The molecule has 0 aromatic heterocycles. The van der Waals surface area contributed by atoms with Crippen LogP contribution in [0.15, 0.2) is 23.1 Å². The molecule has 0 radical (unpaired) electrons. The molecule has 1 rings (SSSR count). The molecule has 1 aromatic rings. The van der Waals surface area contributed by atoms with Crippen molar-refractivity contribution in [2.75, 3.05) is 13.6 Å². The first-order chi connectivity index (χ1) is 9.66. The summed E-state index contributed by atoms with van der Waals surface area (Å²) in [6, 6.07) is 3.06. The highest BCUT2D eigenvalue weighted by Crippen LogP contribution is 2.28. The van der Waals surface area contributed by atoms with Crippen molar-refractivity contribution in [3.8, 4) is 0 Å². The van der Waals surface area contributed by atoms with Crippen molar-refractivity contribution < 1.29 is 23.2 Å². The van der Waals surface area contributed by atoms with Crippen LogP contribution in [0.5, 0.6) is 0 Å². The monoisotopic (exact) mass is 336 g/mol. The van der Waals surface area contributed by atoms with E-state index in [-0.39, 0.29) is 35.0 Å². The fourth-order valence-electron chi connectivity index (χ4n) is 1.55. The zero-order chi connectivity index (χ0) is 16.2. The van der Waals surface area contributed by atoms with Gasteiger partial charge < -0.3 is 5.11 Å². The Bertz CT molecular complexity index is 661. The standard InChI is InChI=1S/C11H13ClN2O6S/c1-13(6-2-3-11(15)16)21(19,20)10-5-4-8(14(17)18)7-9(10)12/h4-5,7H,2-3,6H2,1H3,(H,15,16).